The summed E-state index contributed by atoms with van der Waals surface area (Å²) in [7, 11) is 1.57. The van der Waals surface area contributed by atoms with E-state index in [-0.39, 0.29) is 11.6 Å². The van der Waals surface area contributed by atoms with E-state index < -0.39 is 0 Å². The molecule has 0 spiro atoms. The zero-order valence-electron chi connectivity index (χ0n) is 15.2. The lowest BCUT2D eigenvalue weighted by atomic mass is 10.2. The molecular weight excluding hydrogens is 328 g/mol. The second-order valence-electron chi connectivity index (χ2n) is 6.01. The third-order valence-electron chi connectivity index (χ3n) is 4.25. The molecule has 2 aromatic heterocycles. The van der Waals surface area contributed by atoms with Crippen molar-refractivity contribution in [1.82, 2.24) is 25.1 Å². The van der Waals surface area contributed by atoms with Crippen LogP contribution in [-0.2, 0) is 13.1 Å². The van der Waals surface area contributed by atoms with Crippen LogP contribution in [0.2, 0.25) is 0 Å². The summed E-state index contributed by atoms with van der Waals surface area (Å²) < 4.78 is 2.01. The van der Waals surface area contributed by atoms with E-state index in [1.807, 2.05) is 29.8 Å². The SMILES string of the molecule is CNC(=O)c1cncc(NCc2c(C)nn(Cc3ccccc3)c2C)n1. The molecule has 0 aliphatic carbocycles. The van der Waals surface area contributed by atoms with Gasteiger partial charge in [0.2, 0.25) is 0 Å². The molecule has 0 atom stereocenters. The van der Waals surface area contributed by atoms with Crippen molar-refractivity contribution < 1.29 is 4.79 Å². The topological polar surface area (TPSA) is 84.7 Å². The van der Waals surface area contributed by atoms with E-state index in [2.05, 4.69) is 44.8 Å². The second kappa shape index (κ2) is 7.77. The van der Waals surface area contributed by atoms with Gasteiger partial charge in [-0.3, -0.25) is 14.5 Å². The maximum absolute atomic E-state index is 11.7. The van der Waals surface area contributed by atoms with Gasteiger partial charge in [0.25, 0.3) is 5.91 Å². The van der Waals surface area contributed by atoms with Crippen LogP contribution in [-0.4, -0.2) is 32.7 Å². The Morgan fingerprint density at radius 2 is 1.92 bits per heavy atom. The molecule has 0 saturated carbocycles. The number of hydrogen-bond acceptors (Lipinski definition) is 5. The standard InChI is InChI=1S/C19H22N6O/c1-13-16(9-22-18-11-21-10-17(23-18)19(26)20-3)14(2)25(24-13)12-15-7-5-4-6-8-15/h4-8,10-11H,9,12H2,1-3H3,(H,20,26)(H,22,23). The first kappa shape index (κ1) is 17.6. The minimum absolute atomic E-state index is 0.260. The molecule has 2 heterocycles. The van der Waals surface area contributed by atoms with Crippen molar-refractivity contribution in [1.29, 1.82) is 0 Å². The Morgan fingerprint density at radius 1 is 1.15 bits per heavy atom. The van der Waals surface area contributed by atoms with Gasteiger partial charge < -0.3 is 10.6 Å². The van der Waals surface area contributed by atoms with E-state index in [0.29, 0.717) is 12.4 Å². The molecule has 0 aliphatic rings. The Morgan fingerprint density at radius 3 is 2.65 bits per heavy atom. The van der Waals surface area contributed by atoms with Gasteiger partial charge >= 0.3 is 0 Å². The fraction of sp³-hybridized carbons (Fsp3) is 0.263. The van der Waals surface area contributed by atoms with Crippen molar-refractivity contribution in [3.05, 3.63) is 70.9 Å². The van der Waals surface area contributed by atoms with E-state index in [9.17, 15) is 4.79 Å². The van der Waals surface area contributed by atoms with Crippen LogP contribution >= 0.6 is 0 Å². The summed E-state index contributed by atoms with van der Waals surface area (Å²) in [5.74, 6) is 0.296. The lowest BCUT2D eigenvalue weighted by Crippen LogP contribution is -2.20. The highest BCUT2D eigenvalue weighted by molar-refractivity contribution is 5.92. The fourth-order valence-corrected chi connectivity index (χ4v) is 2.77. The molecule has 0 fully saturated rings. The third-order valence-corrected chi connectivity index (χ3v) is 4.25. The summed E-state index contributed by atoms with van der Waals surface area (Å²) in [6, 6.07) is 10.2. The Labute approximate surface area is 152 Å². The summed E-state index contributed by atoms with van der Waals surface area (Å²) >= 11 is 0. The zero-order chi connectivity index (χ0) is 18.5. The molecule has 0 unspecified atom stereocenters. The van der Waals surface area contributed by atoms with Crippen LogP contribution in [0.15, 0.2) is 42.7 Å². The number of aromatic nitrogens is 4. The largest absolute Gasteiger partial charge is 0.365 e. The highest BCUT2D eigenvalue weighted by Crippen LogP contribution is 2.16. The van der Waals surface area contributed by atoms with Gasteiger partial charge in [0.15, 0.2) is 0 Å². The van der Waals surface area contributed by atoms with E-state index >= 15 is 0 Å². The highest BCUT2D eigenvalue weighted by Gasteiger charge is 2.12. The fourth-order valence-electron chi connectivity index (χ4n) is 2.77. The molecule has 7 nitrogen and oxygen atoms in total. The van der Waals surface area contributed by atoms with Crippen LogP contribution in [0.3, 0.4) is 0 Å². The average Bonchev–Trinajstić information content (AvgIpc) is 2.93. The molecule has 3 aromatic rings. The Bertz CT molecular complexity index is 904. The number of amides is 1. The lowest BCUT2D eigenvalue weighted by molar-refractivity contribution is 0.0958. The molecule has 0 bridgehead atoms. The van der Waals surface area contributed by atoms with Crippen molar-refractivity contribution >= 4 is 11.7 Å². The smallest absolute Gasteiger partial charge is 0.271 e. The summed E-state index contributed by atoms with van der Waals surface area (Å²) in [6.07, 6.45) is 3.05. The van der Waals surface area contributed by atoms with E-state index in [0.717, 1.165) is 23.5 Å². The Kier molecular flexibility index (Phi) is 5.26. The van der Waals surface area contributed by atoms with Gasteiger partial charge in [-0.25, -0.2) is 4.98 Å². The maximum atomic E-state index is 11.7. The van der Waals surface area contributed by atoms with Crippen LogP contribution < -0.4 is 10.6 Å². The molecule has 0 aliphatic heterocycles. The van der Waals surface area contributed by atoms with E-state index in [1.165, 1.54) is 11.8 Å². The van der Waals surface area contributed by atoms with Gasteiger partial charge in [-0.05, 0) is 19.4 Å². The predicted octanol–water partition coefficient (Wildman–Crippen LogP) is 2.31. The normalized spacial score (nSPS) is 10.6. The van der Waals surface area contributed by atoms with Crippen molar-refractivity contribution in [3.8, 4) is 0 Å². The number of rotatable bonds is 6. The minimum atomic E-state index is -0.260. The van der Waals surface area contributed by atoms with Crippen molar-refractivity contribution in [2.75, 3.05) is 12.4 Å². The van der Waals surface area contributed by atoms with Crippen LogP contribution in [0.25, 0.3) is 0 Å². The van der Waals surface area contributed by atoms with Crippen LogP contribution in [0.1, 0.15) is 33.0 Å². The third kappa shape index (κ3) is 3.88. The minimum Gasteiger partial charge on any atom is -0.365 e. The molecule has 0 radical (unpaired) electrons. The first-order valence-corrected chi connectivity index (χ1v) is 8.43. The first-order chi connectivity index (χ1) is 12.6. The molecule has 7 heteroatoms. The van der Waals surface area contributed by atoms with Gasteiger partial charge in [0.05, 0.1) is 24.6 Å². The molecule has 26 heavy (non-hydrogen) atoms. The molecule has 134 valence electrons. The van der Waals surface area contributed by atoms with Crippen LogP contribution in [0.4, 0.5) is 5.82 Å². The van der Waals surface area contributed by atoms with Crippen molar-refractivity contribution in [2.45, 2.75) is 26.9 Å². The zero-order valence-corrected chi connectivity index (χ0v) is 15.2. The second-order valence-corrected chi connectivity index (χ2v) is 6.01. The monoisotopic (exact) mass is 350 g/mol. The first-order valence-electron chi connectivity index (χ1n) is 8.43. The Balaban J connectivity index is 1.74. The number of carbonyl (C=O) groups is 1. The number of aryl methyl sites for hydroxylation is 1. The number of benzene rings is 1. The summed E-state index contributed by atoms with van der Waals surface area (Å²) in [5, 5.41) is 10.4. The summed E-state index contributed by atoms with van der Waals surface area (Å²) in [4.78, 5) is 20.0. The van der Waals surface area contributed by atoms with E-state index in [1.54, 1.807) is 13.2 Å². The molecule has 1 amide bonds. The van der Waals surface area contributed by atoms with Crippen LogP contribution in [0.5, 0.6) is 0 Å². The predicted molar refractivity (Wildman–Crippen MR) is 100.0 cm³/mol. The van der Waals surface area contributed by atoms with Crippen molar-refractivity contribution in [3.63, 3.8) is 0 Å². The van der Waals surface area contributed by atoms with Gasteiger partial charge in [-0.2, -0.15) is 5.10 Å². The molecule has 1 aromatic carbocycles. The highest BCUT2D eigenvalue weighted by atomic mass is 16.1. The quantitative estimate of drug-likeness (QED) is 0.713. The number of nitrogens with one attached hydrogen (secondary N) is 2. The maximum Gasteiger partial charge on any atom is 0.271 e. The average molecular weight is 350 g/mol. The molecular formula is C19H22N6O. The number of carbonyl (C=O) groups excluding carboxylic acids is 1. The van der Waals surface area contributed by atoms with Gasteiger partial charge in [0, 0.05) is 24.8 Å². The Hall–Kier alpha value is -3.22. The van der Waals surface area contributed by atoms with Gasteiger partial charge in [-0.15, -0.1) is 0 Å². The van der Waals surface area contributed by atoms with Crippen molar-refractivity contribution in [2.24, 2.45) is 0 Å². The number of nitrogens with zero attached hydrogens (tertiary/aromatic N) is 4. The van der Waals surface area contributed by atoms with E-state index in [4.69, 9.17) is 0 Å². The lowest BCUT2D eigenvalue weighted by Gasteiger charge is -2.08. The number of anilines is 1. The molecule has 2 N–H and O–H groups in total. The van der Waals surface area contributed by atoms with Gasteiger partial charge in [-0.1, -0.05) is 30.3 Å². The number of hydrogen-bond donors (Lipinski definition) is 2. The molecule has 0 saturated heterocycles. The summed E-state index contributed by atoms with van der Waals surface area (Å²) in [5.41, 5.74) is 4.69. The van der Waals surface area contributed by atoms with Gasteiger partial charge in [0.1, 0.15) is 11.5 Å². The summed E-state index contributed by atoms with van der Waals surface area (Å²) in [6.45, 7) is 5.36. The van der Waals surface area contributed by atoms with Crippen LogP contribution in [0, 0.1) is 13.8 Å². The molecule has 3 rings (SSSR count).